The van der Waals surface area contributed by atoms with Crippen LogP contribution < -0.4 is 5.32 Å². The minimum Gasteiger partial charge on any atom is -0.381 e. The summed E-state index contributed by atoms with van der Waals surface area (Å²) in [6.45, 7) is 4.19. The van der Waals surface area contributed by atoms with E-state index in [0.29, 0.717) is 30.5 Å². The Morgan fingerprint density at radius 3 is 2.56 bits per heavy atom. The number of hydrogen-bond donors (Lipinski definition) is 1. The highest BCUT2D eigenvalue weighted by molar-refractivity contribution is 5.78. The summed E-state index contributed by atoms with van der Waals surface area (Å²) in [5.41, 5.74) is 1.94. The zero-order valence-electron chi connectivity index (χ0n) is 19.4. The van der Waals surface area contributed by atoms with E-state index in [1.807, 2.05) is 24.3 Å². The third kappa shape index (κ3) is 5.18. The molecule has 0 spiro atoms. The third-order valence-corrected chi connectivity index (χ3v) is 7.10. The molecule has 0 aliphatic carbocycles. The zero-order chi connectivity index (χ0) is 23.2. The molecule has 0 saturated carbocycles. The third-order valence-electron chi connectivity index (χ3n) is 7.10. The molecule has 5 rings (SSSR count). The fourth-order valence-corrected chi connectivity index (χ4v) is 4.99. The number of rotatable bonds is 7. The Bertz CT molecular complexity index is 1060. The van der Waals surface area contributed by atoms with E-state index >= 15 is 0 Å². The average Bonchev–Trinajstić information content (AvgIpc) is 3.40. The van der Waals surface area contributed by atoms with Gasteiger partial charge in [-0.2, -0.15) is 4.98 Å². The second-order valence-corrected chi connectivity index (χ2v) is 9.26. The number of nitrogens with zero attached hydrogens (tertiary/aromatic N) is 4. The van der Waals surface area contributed by atoms with Crippen LogP contribution in [-0.4, -0.2) is 65.3 Å². The van der Waals surface area contributed by atoms with Crippen molar-refractivity contribution >= 4 is 5.91 Å². The van der Waals surface area contributed by atoms with E-state index in [0.717, 1.165) is 52.0 Å². The number of carbonyl (C=O) groups excluding carboxylic acids is 1. The van der Waals surface area contributed by atoms with E-state index in [-0.39, 0.29) is 17.2 Å². The van der Waals surface area contributed by atoms with E-state index in [2.05, 4.69) is 49.6 Å². The van der Waals surface area contributed by atoms with Gasteiger partial charge in [0.25, 0.3) is 0 Å². The van der Waals surface area contributed by atoms with Crippen LogP contribution in [0.4, 0.5) is 0 Å². The quantitative estimate of drug-likeness (QED) is 0.578. The molecule has 0 unspecified atom stereocenters. The smallest absolute Gasteiger partial charge is 0.234 e. The maximum atomic E-state index is 12.8. The Morgan fingerprint density at radius 2 is 1.82 bits per heavy atom. The van der Waals surface area contributed by atoms with Crippen molar-refractivity contribution in [2.45, 2.75) is 37.0 Å². The Labute approximate surface area is 199 Å². The molecule has 34 heavy (non-hydrogen) atoms. The first-order valence-corrected chi connectivity index (χ1v) is 12.1. The van der Waals surface area contributed by atoms with E-state index < -0.39 is 0 Å². The molecule has 2 fully saturated rings. The molecule has 3 aromatic rings. The summed E-state index contributed by atoms with van der Waals surface area (Å²) in [5, 5.41) is 7.31. The largest absolute Gasteiger partial charge is 0.381 e. The Kier molecular flexibility index (Phi) is 6.97. The first-order chi connectivity index (χ1) is 16.7. The SMILES string of the molecule is O=C(CN1CCC(c2nc(-c3ccccn3)no2)CC1)NCC1(c2ccccc2)CCOCC1. The van der Waals surface area contributed by atoms with Crippen LogP contribution in [0.15, 0.2) is 59.3 Å². The average molecular weight is 462 g/mol. The molecule has 2 saturated heterocycles. The monoisotopic (exact) mass is 461 g/mol. The summed E-state index contributed by atoms with van der Waals surface area (Å²) >= 11 is 0. The molecule has 1 aromatic carbocycles. The van der Waals surface area contributed by atoms with Crippen molar-refractivity contribution in [3.05, 3.63) is 66.2 Å². The van der Waals surface area contributed by atoms with Gasteiger partial charge in [-0.1, -0.05) is 41.6 Å². The van der Waals surface area contributed by atoms with Crippen molar-refractivity contribution in [3.63, 3.8) is 0 Å². The van der Waals surface area contributed by atoms with Gasteiger partial charge in [0.1, 0.15) is 5.69 Å². The summed E-state index contributed by atoms with van der Waals surface area (Å²) in [7, 11) is 0. The number of likely N-dealkylation sites (tertiary alicyclic amines) is 1. The highest BCUT2D eigenvalue weighted by atomic mass is 16.5. The van der Waals surface area contributed by atoms with Gasteiger partial charge in [0, 0.05) is 37.3 Å². The lowest BCUT2D eigenvalue weighted by molar-refractivity contribution is -0.123. The Balaban J connectivity index is 1.12. The summed E-state index contributed by atoms with van der Waals surface area (Å²) in [4.78, 5) is 23.9. The van der Waals surface area contributed by atoms with E-state index in [1.165, 1.54) is 5.56 Å². The zero-order valence-corrected chi connectivity index (χ0v) is 19.4. The molecule has 8 nitrogen and oxygen atoms in total. The number of nitrogens with one attached hydrogen (secondary N) is 1. The summed E-state index contributed by atoms with van der Waals surface area (Å²) in [6.07, 6.45) is 5.35. The van der Waals surface area contributed by atoms with Gasteiger partial charge in [-0.05, 0) is 56.5 Å². The van der Waals surface area contributed by atoms with Gasteiger partial charge < -0.3 is 14.6 Å². The van der Waals surface area contributed by atoms with Crippen LogP contribution in [0.25, 0.3) is 11.5 Å². The number of ether oxygens (including phenoxy) is 1. The van der Waals surface area contributed by atoms with Gasteiger partial charge in [-0.25, -0.2) is 0 Å². The predicted molar refractivity (Wildman–Crippen MR) is 127 cm³/mol. The molecule has 2 aliphatic heterocycles. The molecule has 0 atom stereocenters. The Morgan fingerprint density at radius 1 is 1.06 bits per heavy atom. The van der Waals surface area contributed by atoms with Crippen molar-refractivity contribution < 1.29 is 14.1 Å². The molecule has 1 N–H and O–H groups in total. The standard InChI is InChI=1S/C26H31N5O3/c32-23(28-19-26(11-16-33-17-12-26)21-6-2-1-3-7-21)18-31-14-9-20(10-15-31)25-29-24(30-34-25)22-8-4-5-13-27-22/h1-8,13,20H,9-12,14-19H2,(H,28,32). The minimum absolute atomic E-state index is 0.0502. The number of amides is 1. The molecule has 1 amide bonds. The number of benzene rings is 1. The van der Waals surface area contributed by atoms with Gasteiger partial charge in [-0.3, -0.25) is 14.7 Å². The molecule has 2 aliphatic rings. The number of piperidine rings is 1. The molecular formula is C26H31N5O3. The Hall–Kier alpha value is -3.10. The summed E-state index contributed by atoms with van der Waals surface area (Å²) < 4.78 is 11.1. The van der Waals surface area contributed by atoms with Gasteiger partial charge in [-0.15, -0.1) is 0 Å². The van der Waals surface area contributed by atoms with Crippen molar-refractivity contribution in [3.8, 4) is 11.5 Å². The van der Waals surface area contributed by atoms with Crippen molar-refractivity contribution in [2.75, 3.05) is 39.4 Å². The van der Waals surface area contributed by atoms with Crippen molar-refractivity contribution in [1.82, 2.24) is 25.3 Å². The van der Waals surface area contributed by atoms with Crippen LogP contribution in [-0.2, 0) is 14.9 Å². The van der Waals surface area contributed by atoms with Crippen molar-refractivity contribution in [1.29, 1.82) is 0 Å². The highest BCUT2D eigenvalue weighted by Crippen LogP contribution is 2.34. The van der Waals surface area contributed by atoms with Crippen LogP contribution in [0.5, 0.6) is 0 Å². The maximum Gasteiger partial charge on any atom is 0.234 e. The summed E-state index contributed by atoms with van der Waals surface area (Å²) in [5.74, 6) is 1.48. The lowest BCUT2D eigenvalue weighted by Crippen LogP contribution is -2.47. The number of aromatic nitrogens is 3. The lowest BCUT2D eigenvalue weighted by atomic mass is 9.74. The van der Waals surface area contributed by atoms with Crippen LogP contribution in [0, 0.1) is 0 Å². The normalized spacial score (nSPS) is 19.1. The molecule has 0 radical (unpaired) electrons. The van der Waals surface area contributed by atoms with E-state index in [1.54, 1.807) is 6.20 Å². The molecule has 8 heteroatoms. The fraction of sp³-hybridized carbons (Fsp3) is 0.462. The molecule has 0 bridgehead atoms. The molecule has 2 aromatic heterocycles. The summed E-state index contributed by atoms with van der Waals surface area (Å²) in [6, 6.07) is 16.2. The van der Waals surface area contributed by atoms with Crippen LogP contribution >= 0.6 is 0 Å². The van der Waals surface area contributed by atoms with Crippen LogP contribution in [0.3, 0.4) is 0 Å². The number of carbonyl (C=O) groups is 1. The lowest BCUT2D eigenvalue weighted by Gasteiger charge is -2.38. The van der Waals surface area contributed by atoms with E-state index in [9.17, 15) is 4.79 Å². The predicted octanol–water partition coefficient (Wildman–Crippen LogP) is 3.18. The molecule has 4 heterocycles. The van der Waals surface area contributed by atoms with Gasteiger partial charge in [0.05, 0.1) is 6.54 Å². The van der Waals surface area contributed by atoms with Gasteiger partial charge in [0.2, 0.25) is 17.6 Å². The first-order valence-electron chi connectivity index (χ1n) is 12.1. The fourth-order valence-electron chi connectivity index (χ4n) is 4.99. The minimum atomic E-state index is -0.0502. The number of hydrogen-bond acceptors (Lipinski definition) is 7. The van der Waals surface area contributed by atoms with Crippen LogP contribution in [0.2, 0.25) is 0 Å². The van der Waals surface area contributed by atoms with Gasteiger partial charge >= 0.3 is 0 Å². The second-order valence-electron chi connectivity index (χ2n) is 9.26. The van der Waals surface area contributed by atoms with Gasteiger partial charge in [0.15, 0.2) is 0 Å². The highest BCUT2D eigenvalue weighted by Gasteiger charge is 2.35. The second kappa shape index (κ2) is 10.4. The van der Waals surface area contributed by atoms with Crippen molar-refractivity contribution in [2.24, 2.45) is 0 Å². The maximum absolute atomic E-state index is 12.8. The van der Waals surface area contributed by atoms with Crippen LogP contribution in [0.1, 0.15) is 43.1 Å². The first kappa shape index (κ1) is 22.7. The van der Waals surface area contributed by atoms with E-state index in [4.69, 9.17) is 9.26 Å². The number of pyridine rings is 1. The molecular weight excluding hydrogens is 430 g/mol. The molecule has 178 valence electrons. The topological polar surface area (TPSA) is 93.4 Å².